The summed E-state index contributed by atoms with van der Waals surface area (Å²) in [7, 11) is -3.84. The molecule has 0 amide bonds. The van der Waals surface area contributed by atoms with Gasteiger partial charge in [0, 0.05) is 6.08 Å². The fourth-order valence-electron chi connectivity index (χ4n) is 1.69. The Bertz CT molecular complexity index is 814. The van der Waals surface area contributed by atoms with Gasteiger partial charge in [-0.1, -0.05) is 18.2 Å². The lowest BCUT2D eigenvalue weighted by Gasteiger charge is -2.08. The van der Waals surface area contributed by atoms with Gasteiger partial charge in [0.15, 0.2) is 0 Å². The van der Waals surface area contributed by atoms with Crippen molar-refractivity contribution < 1.29 is 22.7 Å². The number of carbonyl (C=O) groups is 1. The molecule has 0 saturated heterocycles. The first-order chi connectivity index (χ1) is 10.4. The summed E-state index contributed by atoms with van der Waals surface area (Å²) in [5.74, 6) is -1.64. The van der Waals surface area contributed by atoms with Gasteiger partial charge in [0.1, 0.15) is 5.82 Å². The van der Waals surface area contributed by atoms with E-state index in [2.05, 4.69) is 4.72 Å². The number of halogens is 1. The minimum Gasteiger partial charge on any atom is -0.478 e. The molecular weight excluding hydrogens is 309 g/mol. The highest BCUT2D eigenvalue weighted by Crippen LogP contribution is 2.17. The van der Waals surface area contributed by atoms with E-state index in [1.807, 2.05) is 0 Å². The van der Waals surface area contributed by atoms with E-state index in [4.69, 9.17) is 5.11 Å². The van der Waals surface area contributed by atoms with Gasteiger partial charge in [0.2, 0.25) is 0 Å². The smallest absolute Gasteiger partial charge is 0.328 e. The van der Waals surface area contributed by atoms with Crippen LogP contribution in [0.25, 0.3) is 6.08 Å². The Kier molecular flexibility index (Phi) is 4.57. The van der Waals surface area contributed by atoms with Crippen LogP contribution in [-0.2, 0) is 14.8 Å². The summed E-state index contributed by atoms with van der Waals surface area (Å²) >= 11 is 0. The fourth-order valence-corrected chi connectivity index (χ4v) is 2.74. The molecule has 0 saturated carbocycles. The first kappa shape index (κ1) is 15.7. The number of nitrogens with one attached hydrogen (secondary N) is 1. The van der Waals surface area contributed by atoms with Crippen molar-refractivity contribution in [3.05, 3.63) is 66.0 Å². The summed E-state index contributed by atoms with van der Waals surface area (Å²) in [6, 6.07) is 10.7. The number of carboxylic acids is 1. The van der Waals surface area contributed by atoms with Crippen LogP contribution in [0.3, 0.4) is 0 Å². The van der Waals surface area contributed by atoms with Crippen LogP contribution in [0.2, 0.25) is 0 Å². The third kappa shape index (κ3) is 4.16. The maximum absolute atomic E-state index is 13.1. The standard InChI is InChI=1S/C15H12FNO4S/c16-12-2-1-3-13(10-12)17-22(20,21)14-7-4-11(5-8-14)6-9-15(18)19/h1-10,17H,(H,18,19)/b9-6+. The maximum Gasteiger partial charge on any atom is 0.328 e. The molecule has 22 heavy (non-hydrogen) atoms. The number of aliphatic carboxylic acids is 1. The van der Waals surface area contributed by atoms with Crippen LogP contribution < -0.4 is 4.72 Å². The van der Waals surface area contributed by atoms with Crippen LogP contribution in [0.5, 0.6) is 0 Å². The number of anilines is 1. The van der Waals surface area contributed by atoms with Crippen molar-refractivity contribution in [2.24, 2.45) is 0 Å². The number of carboxylic acid groups (broad SMARTS) is 1. The molecule has 0 unspecified atom stereocenters. The Morgan fingerprint density at radius 1 is 1.14 bits per heavy atom. The van der Waals surface area contributed by atoms with Crippen molar-refractivity contribution in [1.82, 2.24) is 0 Å². The van der Waals surface area contributed by atoms with Gasteiger partial charge >= 0.3 is 5.97 Å². The van der Waals surface area contributed by atoms with Gasteiger partial charge in [-0.05, 0) is 42.0 Å². The molecule has 7 heteroatoms. The zero-order valence-electron chi connectivity index (χ0n) is 11.2. The van der Waals surface area contributed by atoms with Crippen LogP contribution >= 0.6 is 0 Å². The van der Waals surface area contributed by atoms with E-state index in [9.17, 15) is 17.6 Å². The topological polar surface area (TPSA) is 83.5 Å². The van der Waals surface area contributed by atoms with Gasteiger partial charge in [-0.15, -0.1) is 0 Å². The lowest BCUT2D eigenvalue weighted by atomic mass is 10.2. The molecule has 0 aliphatic heterocycles. The van der Waals surface area contributed by atoms with Crippen molar-refractivity contribution in [1.29, 1.82) is 0 Å². The molecule has 0 aliphatic rings. The van der Waals surface area contributed by atoms with Crippen LogP contribution in [0.4, 0.5) is 10.1 Å². The van der Waals surface area contributed by atoms with E-state index in [1.165, 1.54) is 48.5 Å². The minimum absolute atomic E-state index is 0.00997. The van der Waals surface area contributed by atoms with Crippen molar-refractivity contribution in [2.75, 3.05) is 4.72 Å². The van der Waals surface area contributed by atoms with Gasteiger partial charge in [0.05, 0.1) is 10.6 Å². The monoisotopic (exact) mass is 321 g/mol. The molecular formula is C15H12FNO4S. The first-order valence-corrected chi connectivity index (χ1v) is 7.64. The molecule has 0 heterocycles. The Labute approximate surface area is 126 Å². The molecule has 0 aromatic heterocycles. The number of hydrogen-bond donors (Lipinski definition) is 2. The van der Waals surface area contributed by atoms with E-state index in [-0.39, 0.29) is 10.6 Å². The summed E-state index contributed by atoms with van der Waals surface area (Å²) in [6.45, 7) is 0. The van der Waals surface area contributed by atoms with Gasteiger partial charge < -0.3 is 5.11 Å². The quantitative estimate of drug-likeness (QED) is 0.829. The molecule has 0 radical (unpaired) electrons. The van der Waals surface area contributed by atoms with Crippen molar-refractivity contribution in [3.8, 4) is 0 Å². The number of benzene rings is 2. The van der Waals surface area contributed by atoms with Crippen LogP contribution in [0.15, 0.2) is 59.5 Å². The normalized spacial score (nSPS) is 11.5. The average Bonchev–Trinajstić information content (AvgIpc) is 2.45. The van der Waals surface area contributed by atoms with Gasteiger partial charge in [-0.25, -0.2) is 17.6 Å². The third-order valence-corrected chi connectivity index (χ3v) is 4.08. The summed E-state index contributed by atoms with van der Waals surface area (Å²) in [4.78, 5) is 10.4. The van der Waals surface area contributed by atoms with E-state index in [1.54, 1.807) is 0 Å². The molecule has 114 valence electrons. The molecule has 0 fully saturated rings. The molecule has 0 atom stereocenters. The van der Waals surface area contributed by atoms with Crippen LogP contribution in [0, 0.1) is 5.82 Å². The second kappa shape index (κ2) is 6.40. The zero-order chi connectivity index (χ0) is 16.2. The zero-order valence-corrected chi connectivity index (χ0v) is 12.0. The fraction of sp³-hybridized carbons (Fsp3) is 0. The van der Waals surface area contributed by atoms with Crippen LogP contribution in [-0.4, -0.2) is 19.5 Å². The molecule has 2 aromatic carbocycles. The Morgan fingerprint density at radius 3 is 2.41 bits per heavy atom. The maximum atomic E-state index is 13.1. The Balaban J connectivity index is 2.21. The summed E-state index contributed by atoms with van der Waals surface area (Å²) in [5, 5.41) is 8.52. The van der Waals surface area contributed by atoms with E-state index >= 15 is 0 Å². The molecule has 0 spiro atoms. The molecule has 0 aliphatic carbocycles. The van der Waals surface area contributed by atoms with Gasteiger partial charge in [-0.3, -0.25) is 4.72 Å². The molecule has 0 bridgehead atoms. The highest BCUT2D eigenvalue weighted by Gasteiger charge is 2.14. The molecule has 5 nitrogen and oxygen atoms in total. The number of sulfonamides is 1. The largest absolute Gasteiger partial charge is 0.478 e. The van der Waals surface area contributed by atoms with E-state index in [0.717, 1.165) is 12.1 Å². The second-order valence-corrected chi connectivity index (χ2v) is 6.04. The highest BCUT2D eigenvalue weighted by atomic mass is 32.2. The summed E-state index contributed by atoms with van der Waals surface area (Å²) < 4.78 is 39.6. The average molecular weight is 321 g/mol. The lowest BCUT2D eigenvalue weighted by Crippen LogP contribution is -2.12. The lowest BCUT2D eigenvalue weighted by molar-refractivity contribution is -0.131. The van der Waals surface area contributed by atoms with Crippen LogP contribution in [0.1, 0.15) is 5.56 Å². The molecule has 2 rings (SSSR count). The number of hydrogen-bond acceptors (Lipinski definition) is 3. The minimum atomic E-state index is -3.84. The predicted molar refractivity (Wildman–Crippen MR) is 80.3 cm³/mol. The summed E-state index contributed by atoms with van der Waals surface area (Å²) in [6.07, 6.45) is 2.30. The molecule has 2 aromatic rings. The van der Waals surface area contributed by atoms with Gasteiger partial charge in [0.25, 0.3) is 10.0 Å². The van der Waals surface area contributed by atoms with E-state index in [0.29, 0.717) is 5.56 Å². The van der Waals surface area contributed by atoms with Crippen molar-refractivity contribution >= 4 is 27.8 Å². The third-order valence-electron chi connectivity index (χ3n) is 2.69. The Morgan fingerprint density at radius 2 is 1.82 bits per heavy atom. The second-order valence-electron chi connectivity index (χ2n) is 4.36. The van der Waals surface area contributed by atoms with Gasteiger partial charge in [-0.2, -0.15) is 0 Å². The van der Waals surface area contributed by atoms with E-state index < -0.39 is 21.8 Å². The first-order valence-electron chi connectivity index (χ1n) is 6.16. The Hall–Kier alpha value is -2.67. The SMILES string of the molecule is O=C(O)/C=C/c1ccc(S(=O)(=O)Nc2cccc(F)c2)cc1. The van der Waals surface area contributed by atoms with Crippen molar-refractivity contribution in [2.45, 2.75) is 4.90 Å². The highest BCUT2D eigenvalue weighted by molar-refractivity contribution is 7.92. The predicted octanol–water partition coefficient (Wildman–Crippen LogP) is 2.72. The summed E-state index contributed by atoms with van der Waals surface area (Å²) in [5.41, 5.74) is 0.668. The van der Waals surface area contributed by atoms with Crippen molar-refractivity contribution in [3.63, 3.8) is 0 Å². The molecule has 2 N–H and O–H groups in total. The number of rotatable bonds is 5.